The molecular formula is C18H24N4OS. The molecule has 2 aromatic heterocycles. The Kier molecular flexibility index (Phi) is 4.52. The summed E-state index contributed by atoms with van der Waals surface area (Å²) in [6.45, 7) is 6.00. The molecule has 2 fully saturated rings. The molecule has 2 saturated heterocycles. The number of ether oxygens (including phenoxy) is 1. The Hall–Kier alpha value is -1.50. The van der Waals surface area contributed by atoms with E-state index < -0.39 is 0 Å². The Bertz CT molecular complexity index is 660. The van der Waals surface area contributed by atoms with E-state index in [-0.39, 0.29) is 5.60 Å². The summed E-state index contributed by atoms with van der Waals surface area (Å²) < 4.78 is 6.24. The SMILES string of the molecule is Cc1cnc(N[C@@H]2CCO[C@]3(CCN(Cc4ccsc4)C3)C2)nc1. The predicted octanol–water partition coefficient (Wildman–Crippen LogP) is 3.08. The number of rotatable bonds is 4. The van der Waals surface area contributed by atoms with Crippen molar-refractivity contribution >= 4 is 17.3 Å². The molecule has 2 atom stereocenters. The molecule has 6 heteroatoms. The first-order valence-electron chi connectivity index (χ1n) is 8.63. The van der Waals surface area contributed by atoms with Crippen LogP contribution in [0.15, 0.2) is 29.2 Å². The third kappa shape index (κ3) is 3.61. The second-order valence-corrected chi connectivity index (χ2v) is 7.82. The van der Waals surface area contributed by atoms with E-state index in [1.54, 1.807) is 11.3 Å². The van der Waals surface area contributed by atoms with E-state index >= 15 is 0 Å². The first-order valence-corrected chi connectivity index (χ1v) is 9.58. The average Bonchev–Trinajstić information content (AvgIpc) is 3.21. The van der Waals surface area contributed by atoms with Crippen LogP contribution >= 0.6 is 11.3 Å². The van der Waals surface area contributed by atoms with E-state index in [4.69, 9.17) is 4.74 Å². The number of anilines is 1. The number of thiophene rings is 1. The molecule has 0 unspecified atom stereocenters. The van der Waals surface area contributed by atoms with Gasteiger partial charge in [0, 0.05) is 44.7 Å². The van der Waals surface area contributed by atoms with Crippen molar-refractivity contribution in [1.29, 1.82) is 0 Å². The zero-order valence-corrected chi connectivity index (χ0v) is 14.9. The smallest absolute Gasteiger partial charge is 0.222 e. The number of hydrogen-bond acceptors (Lipinski definition) is 6. The van der Waals surface area contributed by atoms with Crippen LogP contribution in [0.2, 0.25) is 0 Å². The maximum absolute atomic E-state index is 6.24. The summed E-state index contributed by atoms with van der Waals surface area (Å²) in [4.78, 5) is 11.3. The second kappa shape index (κ2) is 6.78. The lowest BCUT2D eigenvalue weighted by atomic mass is 9.89. The van der Waals surface area contributed by atoms with E-state index in [2.05, 4.69) is 37.0 Å². The number of hydrogen-bond donors (Lipinski definition) is 1. The molecule has 2 aliphatic heterocycles. The van der Waals surface area contributed by atoms with E-state index in [1.807, 2.05) is 19.3 Å². The highest BCUT2D eigenvalue weighted by atomic mass is 32.1. The van der Waals surface area contributed by atoms with Crippen LogP contribution in [-0.4, -0.2) is 46.2 Å². The Morgan fingerprint density at radius 3 is 3.08 bits per heavy atom. The molecule has 0 aromatic carbocycles. The summed E-state index contributed by atoms with van der Waals surface area (Å²) in [6, 6.07) is 2.61. The highest BCUT2D eigenvalue weighted by Crippen LogP contribution is 2.35. The Balaban J connectivity index is 1.36. The number of aryl methyl sites for hydroxylation is 1. The van der Waals surface area contributed by atoms with Gasteiger partial charge in [0.15, 0.2) is 0 Å². The molecule has 2 aromatic rings. The van der Waals surface area contributed by atoms with Gasteiger partial charge in [0.05, 0.1) is 5.60 Å². The van der Waals surface area contributed by atoms with Crippen LogP contribution < -0.4 is 5.32 Å². The molecule has 0 radical (unpaired) electrons. The summed E-state index contributed by atoms with van der Waals surface area (Å²) in [5.74, 6) is 0.732. The average molecular weight is 344 g/mol. The molecule has 0 amide bonds. The summed E-state index contributed by atoms with van der Waals surface area (Å²) in [7, 11) is 0. The van der Waals surface area contributed by atoms with Gasteiger partial charge in [-0.3, -0.25) is 4.90 Å². The quantitative estimate of drug-likeness (QED) is 0.924. The normalized spacial score (nSPS) is 27.6. The molecule has 1 spiro atoms. The lowest BCUT2D eigenvalue weighted by Crippen LogP contribution is -2.46. The summed E-state index contributed by atoms with van der Waals surface area (Å²) in [6.07, 6.45) is 6.89. The van der Waals surface area contributed by atoms with Gasteiger partial charge in [0.25, 0.3) is 0 Å². The first kappa shape index (κ1) is 16.0. The van der Waals surface area contributed by atoms with Gasteiger partial charge < -0.3 is 10.1 Å². The van der Waals surface area contributed by atoms with Crippen LogP contribution in [0, 0.1) is 6.92 Å². The van der Waals surface area contributed by atoms with Crippen LogP contribution in [0.5, 0.6) is 0 Å². The van der Waals surface area contributed by atoms with Crippen LogP contribution in [-0.2, 0) is 11.3 Å². The minimum absolute atomic E-state index is 0.00334. The minimum Gasteiger partial charge on any atom is -0.373 e. The van der Waals surface area contributed by atoms with Crippen LogP contribution in [0.3, 0.4) is 0 Å². The first-order chi connectivity index (χ1) is 11.7. The van der Waals surface area contributed by atoms with Crippen molar-refractivity contribution in [2.75, 3.05) is 25.0 Å². The van der Waals surface area contributed by atoms with Crippen molar-refractivity contribution in [2.24, 2.45) is 0 Å². The molecule has 24 heavy (non-hydrogen) atoms. The largest absolute Gasteiger partial charge is 0.373 e. The van der Waals surface area contributed by atoms with E-state index in [0.717, 1.165) is 57.0 Å². The van der Waals surface area contributed by atoms with Crippen molar-refractivity contribution in [1.82, 2.24) is 14.9 Å². The molecule has 2 aliphatic rings. The van der Waals surface area contributed by atoms with Gasteiger partial charge in [-0.05, 0) is 54.1 Å². The fourth-order valence-corrected chi connectivity index (χ4v) is 4.45. The van der Waals surface area contributed by atoms with Gasteiger partial charge in [0.2, 0.25) is 5.95 Å². The number of nitrogens with zero attached hydrogens (tertiary/aromatic N) is 3. The van der Waals surface area contributed by atoms with E-state index in [1.165, 1.54) is 5.56 Å². The molecular weight excluding hydrogens is 320 g/mol. The Morgan fingerprint density at radius 1 is 1.42 bits per heavy atom. The van der Waals surface area contributed by atoms with Crippen LogP contribution in [0.4, 0.5) is 5.95 Å². The fourth-order valence-electron chi connectivity index (χ4n) is 3.79. The molecule has 4 rings (SSSR count). The van der Waals surface area contributed by atoms with Gasteiger partial charge >= 0.3 is 0 Å². The second-order valence-electron chi connectivity index (χ2n) is 7.04. The van der Waals surface area contributed by atoms with Crippen molar-refractivity contribution < 1.29 is 4.74 Å². The number of aromatic nitrogens is 2. The van der Waals surface area contributed by atoms with Crippen molar-refractivity contribution in [3.63, 3.8) is 0 Å². The predicted molar refractivity (Wildman–Crippen MR) is 96.3 cm³/mol. The maximum atomic E-state index is 6.24. The minimum atomic E-state index is -0.00334. The lowest BCUT2D eigenvalue weighted by Gasteiger charge is -2.38. The van der Waals surface area contributed by atoms with Crippen LogP contribution in [0.1, 0.15) is 30.4 Å². The zero-order valence-electron chi connectivity index (χ0n) is 14.1. The van der Waals surface area contributed by atoms with E-state index in [9.17, 15) is 0 Å². The standard InChI is InChI=1S/C18H24N4OS/c1-14-9-19-17(20-10-14)21-16-2-6-23-18(8-16)4-5-22(13-18)11-15-3-7-24-12-15/h3,7,9-10,12,16H,2,4-6,8,11,13H2,1H3,(H,19,20,21)/t16-,18-/m1/s1. The van der Waals surface area contributed by atoms with Gasteiger partial charge in [-0.2, -0.15) is 11.3 Å². The third-order valence-electron chi connectivity index (χ3n) is 4.99. The molecule has 4 heterocycles. The monoisotopic (exact) mass is 344 g/mol. The fraction of sp³-hybridized carbons (Fsp3) is 0.556. The Morgan fingerprint density at radius 2 is 2.29 bits per heavy atom. The third-order valence-corrected chi connectivity index (χ3v) is 5.72. The number of likely N-dealkylation sites (tertiary alicyclic amines) is 1. The van der Waals surface area contributed by atoms with Crippen molar-refractivity contribution in [3.8, 4) is 0 Å². The molecule has 0 bridgehead atoms. The summed E-state index contributed by atoms with van der Waals surface area (Å²) in [5, 5.41) is 7.90. The summed E-state index contributed by atoms with van der Waals surface area (Å²) >= 11 is 1.77. The van der Waals surface area contributed by atoms with E-state index in [0.29, 0.717) is 6.04 Å². The highest BCUT2D eigenvalue weighted by Gasteiger charge is 2.43. The zero-order chi connectivity index (χ0) is 16.4. The molecule has 0 aliphatic carbocycles. The molecule has 0 saturated carbocycles. The Labute approximate surface area is 147 Å². The van der Waals surface area contributed by atoms with Gasteiger partial charge in [-0.1, -0.05) is 0 Å². The van der Waals surface area contributed by atoms with Crippen molar-refractivity contribution in [3.05, 3.63) is 40.3 Å². The lowest BCUT2D eigenvalue weighted by molar-refractivity contribution is -0.0737. The van der Waals surface area contributed by atoms with Crippen molar-refractivity contribution in [2.45, 2.75) is 44.4 Å². The topological polar surface area (TPSA) is 50.3 Å². The molecule has 1 N–H and O–H groups in total. The van der Waals surface area contributed by atoms with Gasteiger partial charge in [-0.15, -0.1) is 0 Å². The van der Waals surface area contributed by atoms with Gasteiger partial charge in [0.1, 0.15) is 0 Å². The van der Waals surface area contributed by atoms with Crippen LogP contribution in [0.25, 0.3) is 0 Å². The highest BCUT2D eigenvalue weighted by molar-refractivity contribution is 7.07. The van der Waals surface area contributed by atoms with Gasteiger partial charge in [-0.25, -0.2) is 9.97 Å². The molecule has 128 valence electrons. The number of nitrogens with one attached hydrogen (secondary N) is 1. The molecule has 5 nitrogen and oxygen atoms in total. The maximum Gasteiger partial charge on any atom is 0.222 e. The summed E-state index contributed by atoms with van der Waals surface area (Å²) in [5.41, 5.74) is 2.50.